The lowest BCUT2D eigenvalue weighted by Gasteiger charge is -2.00. The van der Waals surface area contributed by atoms with Gasteiger partial charge in [0, 0.05) is 12.0 Å². The Bertz CT molecular complexity index is 601. The van der Waals surface area contributed by atoms with Crippen LogP contribution in [0.3, 0.4) is 0 Å². The van der Waals surface area contributed by atoms with Crippen molar-refractivity contribution in [3.8, 4) is 0 Å². The summed E-state index contributed by atoms with van der Waals surface area (Å²) >= 11 is 2.48. The summed E-state index contributed by atoms with van der Waals surface area (Å²) in [7, 11) is 0. The Hall–Kier alpha value is -1.34. The first kappa shape index (κ1) is 14.1. The fourth-order valence-electron chi connectivity index (χ4n) is 1.32. The molecule has 0 radical (unpaired) electrons. The van der Waals surface area contributed by atoms with Gasteiger partial charge in [-0.15, -0.1) is 0 Å². The number of ketones is 1. The van der Waals surface area contributed by atoms with E-state index in [1.807, 2.05) is 6.92 Å². The van der Waals surface area contributed by atoms with Crippen LogP contribution < -0.4 is 0 Å². The molecular weight excluding hydrogens is 290 g/mol. The predicted molar refractivity (Wildman–Crippen MR) is 70.7 cm³/mol. The van der Waals surface area contributed by atoms with Crippen LogP contribution in [0.25, 0.3) is 0 Å². The van der Waals surface area contributed by atoms with Gasteiger partial charge in [0.2, 0.25) is 0 Å². The molecule has 0 aliphatic heterocycles. The molecule has 0 bridgehead atoms. The van der Waals surface area contributed by atoms with Crippen molar-refractivity contribution in [1.29, 1.82) is 0 Å². The molecule has 0 aliphatic carbocycles. The van der Waals surface area contributed by atoms with Gasteiger partial charge in [0.25, 0.3) is 0 Å². The summed E-state index contributed by atoms with van der Waals surface area (Å²) in [6, 6.07) is 3.14. The summed E-state index contributed by atoms with van der Waals surface area (Å²) in [5, 5.41) is 0. The van der Waals surface area contributed by atoms with Crippen LogP contribution in [0, 0.1) is 11.6 Å². The van der Waals surface area contributed by atoms with Gasteiger partial charge in [-0.3, -0.25) is 4.79 Å². The maximum atomic E-state index is 13.0. The summed E-state index contributed by atoms with van der Waals surface area (Å²) in [5.41, 5.74) is 0.159. The highest BCUT2D eigenvalue weighted by Crippen LogP contribution is 2.21. The molecule has 0 fully saturated rings. The van der Waals surface area contributed by atoms with Gasteiger partial charge in [0.1, 0.15) is 5.82 Å². The smallest absolute Gasteiger partial charge is 0.173 e. The Morgan fingerprint density at radius 3 is 2.79 bits per heavy atom. The summed E-state index contributed by atoms with van der Waals surface area (Å²) in [6.07, 6.45) is 0.744. The molecule has 100 valence electrons. The van der Waals surface area contributed by atoms with Gasteiger partial charge < -0.3 is 0 Å². The van der Waals surface area contributed by atoms with Crippen LogP contribution in [0.2, 0.25) is 0 Å². The zero-order chi connectivity index (χ0) is 13.8. The number of nitrogens with zero attached hydrogens (tertiary/aromatic N) is 2. The first-order valence-corrected chi connectivity index (χ1v) is 7.29. The first-order valence-electron chi connectivity index (χ1n) is 5.53. The fraction of sp³-hybridized carbons (Fsp3) is 0.250. The zero-order valence-electron chi connectivity index (χ0n) is 10.0. The third-order valence-corrected chi connectivity index (χ3v) is 4.21. The van der Waals surface area contributed by atoms with Crippen molar-refractivity contribution in [2.24, 2.45) is 0 Å². The predicted octanol–water partition coefficient (Wildman–Crippen LogP) is 3.35. The molecule has 0 saturated carbocycles. The number of rotatable bonds is 5. The summed E-state index contributed by atoms with van der Waals surface area (Å²) in [4.78, 5) is 16.0. The highest BCUT2D eigenvalue weighted by atomic mass is 32.2. The molecule has 2 rings (SSSR count). The van der Waals surface area contributed by atoms with Gasteiger partial charge >= 0.3 is 0 Å². The van der Waals surface area contributed by atoms with Crippen molar-refractivity contribution in [2.75, 3.05) is 5.75 Å². The lowest BCUT2D eigenvalue weighted by atomic mass is 10.1. The van der Waals surface area contributed by atoms with Gasteiger partial charge in [0.05, 0.1) is 5.75 Å². The highest BCUT2D eigenvalue weighted by Gasteiger charge is 2.12. The number of carbonyl (C=O) groups is 1. The van der Waals surface area contributed by atoms with Crippen LogP contribution >= 0.6 is 23.3 Å². The minimum Gasteiger partial charge on any atom is -0.293 e. The van der Waals surface area contributed by atoms with E-state index in [2.05, 4.69) is 9.36 Å². The van der Waals surface area contributed by atoms with Crippen LogP contribution in [-0.4, -0.2) is 20.9 Å². The Labute approximate surface area is 117 Å². The highest BCUT2D eigenvalue weighted by molar-refractivity contribution is 8.01. The Kier molecular flexibility index (Phi) is 4.60. The molecule has 1 aromatic carbocycles. The second kappa shape index (κ2) is 6.21. The van der Waals surface area contributed by atoms with E-state index in [-0.39, 0.29) is 17.1 Å². The Morgan fingerprint density at radius 2 is 2.16 bits per heavy atom. The van der Waals surface area contributed by atoms with Gasteiger partial charge in [-0.2, -0.15) is 4.37 Å². The minimum atomic E-state index is -1.01. The molecule has 0 amide bonds. The summed E-state index contributed by atoms with van der Waals surface area (Å²) in [6.45, 7) is 1.95. The number of benzene rings is 1. The molecule has 19 heavy (non-hydrogen) atoms. The molecule has 7 heteroatoms. The van der Waals surface area contributed by atoms with Crippen LogP contribution in [0.5, 0.6) is 0 Å². The molecule has 2 aromatic rings. The molecule has 0 spiro atoms. The quantitative estimate of drug-likeness (QED) is 0.627. The zero-order valence-corrected chi connectivity index (χ0v) is 11.7. The maximum absolute atomic E-state index is 13.0. The van der Waals surface area contributed by atoms with Crippen LogP contribution in [0.4, 0.5) is 8.78 Å². The van der Waals surface area contributed by atoms with Crippen molar-refractivity contribution in [1.82, 2.24) is 9.36 Å². The second-order valence-electron chi connectivity index (χ2n) is 3.67. The third-order valence-electron chi connectivity index (χ3n) is 2.33. The average molecular weight is 300 g/mol. The largest absolute Gasteiger partial charge is 0.293 e. The number of aromatic nitrogens is 2. The van der Waals surface area contributed by atoms with Crippen molar-refractivity contribution in [3.05, 3.63) is 41.2 Å². The van der Waals surface area contributed by atoms with E-state index in [9.17, 15) is 13.6 Å². The number of halogens is 2. The van der Waals surface area contributed by atoms with Gasteiger partial charge in [0.15, 0.2) is 21.8 Å². The normalized spacial score (nSPS) is 10.7. The fourth-order valence-corrected chi connectivity index (χ4v) is 2.91. The number of hydrogen-bond acceptors (Lipinski definition) is 5. The van der Waals surface area contributed by atoms with Crippen LogP contribution in [0.1, 0.15) is 23.1 Å². The lowest BCUT2D eigenvalue weighted by molar-refractivity contribution is 0.102. The van der Waals surface area contributed by atoms with Crippen molar-refractivity contribution in [2.45, 2.75) is 17.7 Å². The number of thioether (sulfide) groups is 1. The molecule has 0 saturated heterocycles. The van der Waals surface area contributed by atoms with Gasteiger partial charge in [-0.25, -0.2) is 13.8 Å². The summed E-state index contributed by atoms with van der Waals surface area (Å²) < 4.78 is 30.5. The second-order valence-corrected chi connectivity index (χ2v) is 5.65. The molecule has 1 heterocycles. The minimum absolute atomic E-state index is 0.128. The SMILES string of the molecule is CCc1nsc(SCC(=O)c2ccc(F)c(F)c2)n1. The van der Waals surface area contributed by atoms with Gasteiger partial charge in [-0.05, 0) is 29.7 Å². The molecule has 0 unspecified atom stereocenters. The molecule has 1 aromatic heterocycles. The number of carbonyl (C=O) groups excluding carboxylic acids is 1. The van der Waals surface area contributed by atoms with E-state index in [0.29, 0.717) is 4.34 Å². The monoisotopic (exact) mass is 300 g/mol. The van der Waals surface area contributed by atoms with E-state index >= 15 is 0 Å². The number of aryl methyl sites for hydroxylation is 1. The van der Waals surface area contributed by atoms with Crippen LogP contribution in [0.15, 0.2) is 22.5 Å². The Morgan fingerprint density at radius 1 is 1.37 bits per heavy atom. The molecular formula is C12H10F2N2OS2. The first-order chi connectivity index (χ1) is 9.10. The van der Waals surface area contributed by atoms with Crippen molar-refractivity contribution in [3.63, 3.8) is 0 Å². The van der Waals surface area contributed by atoms with Crippen molar-refractivity contribution < 1.29 is 13.6 Å². The van der Waals surface area contributed by atoms with E-state index in [1.165, 1.54) is 29.4 Å². The Balaban J connectivity index is 1.99. The summed E-state index contributed by atoms with van der Waals surface area (Å²) in [5.74, 6) is -1.37. The van der Waals surface area contributed by atoms with E-state index in [0.717, 1.165) is 24.4 Å². The number of Topliss-reactive ketones (excluding diaryl/α,β-unsaturated/α-hetero) is 1. The van der Waals surface area contributed by atoms with E-state index in [4.69, 9.17) is 0 Å². The third kappa shape index (κ3) is 3.57. The molecule has 0 N–H and O–H groups in total. The standard InChI is InChI=1S/C12H10F2N2OS2/c1-2-11-15-12(19-16-11)18-6-10(17)7-3-4-8(13)9(14)5-7/h3-5H,2,6H2,1H3. The topological polar surface area (TPSA) is 42.9 Å². The van der Waals surface area contributed by atoms with E-state index < -0.39 is 11.6 Å². The maximum Gasteiger partial charge on any atom is 0.173 e. The number of hydrogen-bond donors (Lipinski definition) is 0. The van der Waals surface area contributed by atoms with Crippen LogP contribution in [-0.2, 0) is 6.42 Å². The van der Waals surface area contributed by atoms with Crippen molar-refractivity contribution >= 4 is 29.1 Å². The van der Waals surface area contributed by atoms with Gasteiger partial charge in [-0.1, -0.05) is 18.7 Å². The average Bonchev–Trinajstić information content (AvgIpc) is 2.87. The lowest BCUT2D eigenvalue weighted by Crippen LogP contribution is -2.03. The molecule has 0 aliphatic rings. The van der Waals surface area contributed by atoms with E-state index in [1.54, 1.807) is 0 Å². The molecule has 3 nitrogen and oxygen atoms in total. The molecule has 0 atom stereocenters.